The molecule has 1 amide bonds. The molecule has 6 rings (SSSR count). The first kappa shape index (κ1) is 24.4. The second-order valence-electron chi connectivity index (χ2n) is 10.5. The number of rotatable bonds is 5. The van der Waals surface area contributed by atoms with Crippen LogP contribution in [0.25, 0.3) is 5.65 Å². The van der Waals surface area contributed by atoms with Crippen LogP contribution < -0.4 is 5.32 Å². The molecular weight excluding hydrogens is 472 g/mol. The summed E-state index contributed by atoms with van der Waals surface area (Å²) in [5.41, 5.74) is 6.77. The van der Waals surface area contributed by atoms with Gasteiger partial charge in [0.25, 0.3) is 5.91 Å². The average Bonchev–Trinajstić information content (AvgIpc) is 3.70. The highest BCUT2D eigenvalue weighted by Gasteiger charge is 2.27. The molecular formula is C31H32N6O. The van der Waals surface area contributed by atoms with Gasteiger partial charge in [0.05, 0.1) is 0 Å². The van der Waals surface area contributed by atoms with Gasteiger partial charge in [0, 0.05) is 55.7 Å². The van der Waals surface area contributed by atoms with E-state index in [-0.39, 0.29) is 5.91 Å². The van der Waals surface area contributed by atoms with E-state index in [0.717, 1.165) is 55.2 Å². The predicted octanol–water partition coefficient (Wildman–Crippen LogP) is 4.31. The number of fused-ring (bicyclic) bond motifs is 1. The van der Waals surface area contributed by atoms with Crippen molar-refractivity contribution in [1.29, 1.82) is 0 Å². The van der Waals surface area contributed by atoms with Crippen molar-refractivity contribution in [3.8, 4) is 11.8 Å². The van der Waals surface area contributed by atoms with Crippen LogP contribution in [0, 0.1) is 18.8 Å². The minimum atomic E-state index is -0.130. The van der Waals surface area contributed by atoms with Gasteiger partial charge >= 0.3 is 0 Å². The first-order chi connectivity index (χ1) is 18.5. The predicted molar refractivity (Wildman–Crippen MR) is 149 cm³/mol. The smallest absolute Gasteiger partial charge is 0.255 e. The van der Waals surface area contributed by atoms with Crippen LogP contribution in [0.1, 0.15) is 57.2 Å². The van der Waals surface area contributed by atoms with Crippen LogP contribution in [0.3, 0.4) is 0 Å². The average molecular weight is 505 g/mol. The van der Waals surface area contributed by atoms with Gasteiger partial charge in [0.2, 0.25) is 5.82 Å². The molecule has 1 N–H and O–H groups in total. The quantitative estimate of drug-likeness (QED) is 0.410. The molecule has 0 unspecified atom stereocenters. The van der Waals surface area contributed by atoms with E-state index in [2.05, 4.69) is 56.3 Å². The summed E-state index contributed by atoms with van der Waals surface area (Å²) < 4.78 is 1.85. The summed E-state index contributed by atoms with van der Waals surface area (Å²) in [4.78, 5) is 18.1. The minimum Gasteiger partial charge on any atom is -0.322 e. The first-order valence-corrected chi connectivity index (χ1v) is 13.3. The van der Waals surface area contributed by atoms with Crippen LogP contribution >= 0.6 is 0 Å². The molecule has 1 aliphatic heterocycles. The minimum absolute atomic E-state index is 0.130. The molecule has 0 atom stereocenters. The number of benzene rings is 2. The Morgan fingerprint density at radius 2 is 1.84 bits per heavy atom. The normalized spacial score (nSPS) is 16.3. The topological polar surface area (TPSA) is 65.8 Å². The van der Waals surface area contributed by atoms with Gasteiger partial charge < -0.3 is 10.2 Å². The third-order valence-corrected chi connectivity index (χ3v) is 7.53. The molecule has 1 saturated heterocycles. The Balaban J connectivity index is 1.19. The van der Waals surface area contributed by atoms with Gasteiger partial charge in [-0.05, 0) is 91.7 Å². The number of hydrogen-bond acceptors (Lipinski definition) is 5. The van der Waals surface area contributed by atoms with Crippen molar-refractivity contribution < 1.29 is 4.79 Å². The van der Waals surface area contributed by atoms with Crippen molar-refractivity contribution in [3.05, 3.63) is 94.4 Å². The van der Waals surface area contributed by atoms with Crippen molar-refractivity contribution >= 4 is 17.2 Å². The lowest BCUT2D eigenvalue weighted by Gasteiger charge is -2.32. The maximum absolute atomic E-state index is 13.2. The van der Waals surface area contributed by atoms with Crippen molar-refractivity contribution in [1.82, 2.24) is 24.4 Å². The molecule has 4 aromatic rings. The second-order valence-corrected chi connectivity index (χ2v) is 10.5. The maximum atomic E-state index is 13.2. The van der Waals surface area contributed by atoms with E-state index in [4.69, 9.17) is 0 Å². The number of amides is 1. The number of hydrogen-bond donors (Lipinski definition) is 1. The summed E-state index contributed by atoms with van der Waals surface area (Å²) in [6.07, 6.45) is 4.35. The molecule has 2 aliphatic rings. The monoisotopic (exact) mass is 504 g/mol. The SMILES string of the molecule is Cc1ccc(C(=O)Nc2ccc(CN3CCN(C)CC3)c(C3CC3)c2)cc1C#Cc1nnc2ccccn12. The fraction of sp³-hybridized carbons (Fsp3) is 0.323. The van der Waals surface area contributed by atoms with Crippen molar-refractivity contribution in [2.75, 3.05) is 38.5 Å². The van der Waals surface area contributed by atoms with Gasteiger partial charge in [-0.15, -0.1) is 10.2 Å². The number of likely N-dealkylation sites (N-methyl/N-ethyl adjacent to an activating group) is 1. The number of aryl methyl sites for hydroxylation is 1. The molecule has 7 heteroatoms. The Bertz CT molecular complexity index is 1550. The van der Waals surface area contributed by atoms with Gasteiger partial charge in [-0.25, -0.2) is 0 Å². The van der Waals surface area contributed by atoms with Gasteiger partial charge in [0.15, 0.2) is 5.65 Å². The van der Waals surface area contributed by atoms with Gasteiger partial charge in [-0.2, -0.15) is 0 Å². The van der Waals surface area contributed by atoms with Gasteiger partial charge in [-0.3, -0.25) is 14.1 Å². The van der Waals surface area contributed by atoms with Crippen LogP contribution in [-0.2, 0) is 6.54 Å². The molecule has 192 valence electrons. The summed E-state index contributed by atoms with van der Waals surface area (Å²) >= 11 is 0. The Labute approximate surface area is 223 Å². The molecule has 2 aromatic carbocycles. The summed E-state index contributed by atoms with van der Waals surface area (Å²) in [6.45, 7) is 7.41. The van der Waals surface area contributed by atoms with E-state index < -0.39 is 0 Å². The van der Waals surface area contributed by atoms with Crippen LogP contribution in [0.15, 0.2) is 60.8 Å². The van der Waals surface area contributed by atoms with Crippen molar-refractivity contribution in [3.63, 3.8) is 0 Å². The Kier molecular flexibility index (Phi) is 6.67. The Morgan fingerprint density at radius 3 is 2.66 bits per heavy atom. The fourth-order valence-electron chi connectivity index (χ4n) is 4.99. The zero-order valence-corrected chi connectivity index (χ0v) is 21.9. The lowest BCUT2D eigenvalue weighted by Crippen LogP contribution is -2.44. The van der Waals surface area contributed by atoms with E-state index in [1.54, 1.807) is 0 Å². The van der Waals surface area contributed by atoms with Crippen LogP contribution in [-0.4, -0.2) is 63.5 Å². The standard InChI is InChI=1S/C31H32N6O/c1-22-6-7-25(19-24(22)11-13-30-34-33-29-5-3-4-14-37(29)30)31(38)32-27-12-10-26(28(20-27)23-8-9-23)21-36-17-15-35(2)16-18-36/h3-7,10,12,14,19-20,23H,8-9,15-18,21H2,1-2H3,(H,32,38). The number of carbonyl (C=O) groups is 1. The first-order valence-electron chi connectivity index (χ1n) is 13.3. The van der Waals surface area contributed by atoms with Crippen molar-refractivity contribution in [2.45, 2.75) is 32.2 Å². The molecule has 1 aliphatic carbocycles. The molecule has 0 radical (unpaired) electrons. The molecule has 38 heavy (non-hydrogen) atoms. The van der Waals surface area contributed by atoms with Gasteiger partial charge in [-0.1, -0.05) is 24.1 Å². The van der Waals surface area contributed by atoms with Crippen molar-refractivity contribution in [2.24, 2.45) is 0 Å². The molecule has 3 heterocycles. The molecule has 2 fully saturated rings. The third-order valence-electron chi connectivity index (χ3n) is 7.53. The largest absolute Gasteiger partial charge is 0.322 e. The van der Waals surface area contributed by atoms with Crippen LogP contribution in [0.4, 0.5) is 5.69 Å². The van der Waals surface area contributed by atoms with E-state index in [9.17, 15) is 4.79 Å². The van der Waals surface area contributed by atoms with Gasteiger partial charge in [0.1, 0.15) is 0 Å². The van der Waals surface area contributed by atoms with E-state index >= 15 is 0 Å². The lowest BCUT2D eigenvalue weighted by atomic mass is 10.0. The maximum Gasteiger partial charge on any atom is 0.255 e. The number of nitrogens with one attached hydrogen (secondary N) is 1. The summed E-state index contributed by atoms with van der Waals surface area (Å²) in [7, 11) is 2.19. The van der Waals surface area contributed by atoms with E-state index in [1.807, 2.05) is 60.0 Å². The lowest BCUT2D eigenvalue weighted by molar-refractivity contribution is 0.102. The number of aromatic nitrogens is 3. The van der Waals surface area contributed by atoms with E-state index in [0.29, 0.717) is 17.3 Å². The Morgan fingerprint density at radius 1 is 1.00 bits per heavy atom. The highest BCUT2D eigenvalue weighted by Crippen LogP contribution is 2.43. The molecule has 2 aromatic heterocycles. The number of anilines is 1. The zero-order valence-electron chi connectivity index (χ0n) is 21.9. The summed E-state index contributed by atoms with van der Waals surface area (Å²) in [6, 6.07) is 17.8. The molecule has 1 saturated carbocycles. The molecule has 0 bridgehead atoms. The Hall–Kier alpha value is -3.99. The number of carbonyl (C=O) groups excluding carboxylic acids is 1. The van der Waals surface area contributed by atoms with Crippen LogP contribution in [0.5, 0.6) is 0 Å². The second kappa shape index (κ2) is 10.4. The third kappa shape index (κ3) is 5.33. The number of pyridine rings is 1. The fourth-order valence-corrected chi connectivity index (χ4v) is 4.99. The number of nitrogens with zero attached hydrogens (tertiary/aromatic N) is 5. The summed E-state index contributed by atoms with van der Waals surface area (Å²) in [5.74, 6) is 7.35. The molecule has 7 nitrogen and oxygen atoms in total. The highest BCUT2D eigenvalue weighted by molar-refractivity contribution is 6.04. The highest BCUT2D eigenvalue weighted by atomic mass is 16.1. The zero-order chi connectivity index (χ0) is 26.1. The summed E-state index contributed by atoms with van der Waals surface area (Å²) in [5, 5.41) is 11.5. The van der Waals surface area contributed by atoms with E-state index in [1.165, 1.54) is 24.0 Å². The number of piperazine rings is 1. The molecule has 0 spiro atoms. The van der Waals surface area contributed by atoms with Crippen LogP contribution in [0.2, 0.25) is 0 Å².